The molecule has 2 aromatic rings. The number of rotatable bonds is 6. The van der Waals surface area contributed by atoms with Crippen LogP contribution in [-0.4, -0.2) is 33.8 Å². The van der Waals surface area contributed by atoms with Crippen molar-refractivity contribution in [3.05, 3.63) is 54.4 Å². The van der Waals surface area contributed by atoms with E-state index in [1.807, 2.05) is 49.5 Å². The predicted molar refractivity (Wildman–Crippen MR) is 93.6 cm³/mol. The molecule has 6 heteroatoms. The molecule has 122 valence electrons. The summed E-state index contributed by atoms with van der Waals surface area (Å²) in [4.78, 5) is 15.9. The Kier molecular flexibility index (Phi) is 6.29. The first-order chi connectivity index (χ1) is 11.1. The lowest BCUT2D eigenvalue weighted by atomic mass is 10.0. The fraction of sp³-hybridized carbons (Fsp3) is 0.294. The van der Waals surface area contributed by atoms with Crippen LogP contribution in [0.25, 0.3) is 11.1 Å². The zero-order valence-electron chi connectivity index (χ0n) is 13.3. The average molecular weight is 331 g/mol. The third kappa shape index (κ3) is 5.49. The topological polar surface area (TPSA) is 71.1 Å². The van der Waals surface area contributed by atoms with Gasteiger partial charge in [0.25, 0.3) is 0 Å². The number of pyridine rings is 1. The second kappa shape index (κ2) is 8.43. The number of benzene rings is 1. The molecule has 2 N–H and O–H groups in total. The van der Waals surface area contributed by atoms with Gasteiger partial charge in [-0.2, -0.15) is 0 Å². The highest BCUT2D eigenvalue weighted by atomic mass is 32.2. The van der Waals surface area contributed by atoms with Crippen LogP contribution in [0.3, 0.4) is 0 Å². The van der Waals surface area contributed by atoms with Crippen LogP contribution in [0.4, 0.5) is 4.79 Å². The van der Waals surface area contributed by atoms with Gasteiger partial charge in [-0.05, 0) is 29.7 Å². The Labute approximate surface area is 139 Å². The third-order valence-electron chi connectivity index (χ3n) is 3.43. The van der Waals surface area contributed by atoms with Crippen LogP contribution in [0.2, 0.25) is 0 Å². The van der Waals surface area contributed by atoms with Crippen molar-refractivity contribution in [3.63, 3.8) is 0 Å². The van der Waals surface area contributed by atoms with Crippen molar-refractivity contribution >= 4 is 16.8 Å². The number of carbonyl (C=O) groups excluding carboxylic acids is 1. The first-order valence-electron chi connectivity index (χ1n) is 7.41. The standard InChI is InChI=1S/C17H21N3O2S/c1-13(20-17(21)19-10-11-23(2)22)14-5-7-15(8-6-14)16-4-3-9-18-12-16/h3-9,12-13H,10-11H2,1-2H3,(H2,19,20,21). The Hall–Kier alpha value is -2.21. The highest BCUT2D eigenvalue weighted by Gasteiger charge is 2.09. The molecule has 2 unspecified atom stereocenters. The van der Waals surface area contributed by atoms with E-state index in [9.17, 15) is 9.00 Å². The van der Waals surface area contributed by atoms with E-state index < -0.39 is 10.8 Å². The van der Waals surface area contributed by atoms with E-state index in [0.29, 0.717) is 12.3 Å². The minimum Gasteiger partial charge on any atom is -0.337 e. The molecule has 0 radical (unpaired) electrons. The maximum atomic E-state index is 11.8. The molecule has 0 bridgehead atoms. The number of hydrogen-bond acceptors (Lipinski definition) is 3. The first kappa shape index (κ1) is 17.1. The van der Waals surface area contributed by atoms with Gasteiger partial charge in [0, 0.05) is 41.7 Å². The first-order valence-corrected chi connectivity index (χ1v) is 9.13. The van der Waals surface area contributed by atoms with Crippen LogP contribution in [0.5, 0.6) is 0 Å². The summed E-state index contributed by atoms with van der Waals surface area (Å²) in [6, 6.07) is 11.6. The summed E-state index contributed by atoms with van der Waals surface area (Å²) in [7, 11) is -0.899. The lowest BCUT2D eigenvalue weighted by Gasteiger charge is -2.15. The second-order valence-corrected chi connectivity index (χ2v) is 6.82. The van der Waals surface area contributed by atoms with Crippen LogP contribution >= 0.6 is 0 Å². The molecular formula is C17H21N3O2S. The SMILES string of the molecule is CC(NC(=O)NCCS(C)=O)c1ccc(-c2cccnc2)cc1. The van der Waals surface area contributed by atoms with E-state index in [2.05, 4.69) is 15.6 Å². The maximum absolute atomic E-state index is 11.8. The summed E-state index contributed by atoms with van der Waals surface area (Å²) in [6.45, 7) is 2.33. The Morgan fingerprint density at radius 1 is 1.22 bits per heavy atom. The third-order valence-corrected chi connectivity index (χ3v) is 4.21. The van der Waals surface area contributed by atoms with Gasteiger partial charge in [-0.25, -0.2) is 4.79 Å². The van der Waals surface area contributed by atoms with E-state index in [4.69, 9.17) is 0 Å². The molecule has 0 fully saturated rings. The molecule has 1 heterocycles. The summed E-state index contributed by atoms with van der Waals surface area (Å²) in [6.07, 6.45) is 5.18. The van der Waals surface area contributed by atoms with E-state index in [0.717, 1.165) is 16.7 Å². The monoisotopic (exact) mass is 331 g/mol. The Balaban J connectivity index is 1.91. The summed E-state index contributed by atoms with van der Waals surface area (Å²) in [5.41, 5.74) is 3.17. The molecule has 0 aliphatic heterocycles. The van der Waals surface area contributed by atoms with Gasteiger partial charge >= 0.3 is 6.03 Å². The molecule has 1 aromatic carbocycles. The molecule has 0 saturated heterocycles. The van der Waals surface area contributed by atoms with Gasteiger partial charge in [0.1, 0.15) is 0 Å². The number of nitrogens with one attached hydrogen (secondary N) is 2. The van der Waals surface area contributed by atoms with Gasteiger partial charge < -0.3 is 10.6 Å². The molecule has 0 saturated carbocycles. The number of amides is 2. The summed E-state index contributed by atoms with van der Waals surface area (Å²) < 4.78 is 11.0. The fourth-order valence-electron chi connectivity index (χ4n) is 2.14. The van der Waals surface area contributed by atoms with Crippen molar-refractivity contribution in [2.75, 3.05) is 18.6 Å². The summed E-state index contributed by atoms with van der Waals surface area (Å²) >= 11 is 0. The molecule has 5 nitrogen and oxygen atoms in total. The number of carbonyl (C=O) groups is 1. The summed E-state index contributed by atoms with van der Waals surface area (Å²) in [5, 5.41) is 5.57. The van der Waals surface area contributed by atoms with Crippen molar-refractivity contribution in [3.8, 4) is 11.1 Å². The van der Waals surface area contributed by atoms with Gasteiger partial charge in [-0.1, -0.05) is 30.3 Å². The number of nitrogens with zero attached hydrogens (tertiary/aromatic N) is 1. The summed E-state index contributed by atoms with van der Waals surface area (Å²) in [5.74, 6) is 0.460. The molecule has 2 atom stereocenters. The lowest BCUT2D eigenvalue weighted by Crippen LogP contribution is -2.38. The van der Waals surface area contributed by atoms with Crippen LogP contribution in [0.15, 0.2) is 48.8 Å². The van der Waals surface area contributed by atoms with Crippen molar-refractivity contribution in [2.24, 2.45) is 0 Å². The molecule has 2 amide bonds. The van der Waals surface area contributed by atoms with Gasteiger partial charge in [0.2, 0.25) is 0 Å². The Morgan fingerprint density at radius 3 is 2.57 bits per heavy atom. The second-order valence-electron chi connectivity index (χ2n) is 5.26. The highest BCUT2D eigenvalue weighted by molar-refractivity contribution is 7.84. The average Bonchev–Trinajstić information content (AvgIpc) is 2.55. The van der Waals surface area contributed by atoms with Crippen molar-refractivity contribution in [1.82, 2.24) is 15.6 Å². The van der Waals surface area contributed by atoms with Crippen LogP contribution in [0, 0.1) is 0 Å². The quantitative estimate of drug-likeness (QED) is 0.854. The number of aromatic nitrogens is 1. The van der Waals surface area contributed by atoms with E-state index in [1.54, 1.807) is 12.5 Å². The lowest BCUT2D eigenvalue weighted by molar-refractivity contribution is 0.238. The fourth-order valence-corrected chi connectivity index (χ4v) is 2.53. The molecule has 0 aliphatic carbocycles. The number of hydrogen-bond donors (Lipinski definition) is 2. The van der Waals surface area contributed by atoms with Crippen LogP contribution < -0.4 is 10.6 Å². The largest absolute Gasteiger partial charge is 0.337 e. The molecule has 23 heavy (non-hydrogen) atoms. The zero-order chi connectivity index (χ0) is 16.7. The van der Waals surface area contributed by atoms with E-state index in [-0.39, 0.29) is 12.1 Å². The van der Waals surface area contributed by atoms with Crippen molar-refractivity contribution in [2.45, 2.75) is 13.0 Å². The maximum Gasteiger partial charge on any atom is 0.315 e. The van der Waals surface area contributed by atoms with Gasteiger partial charge in [0.05, 0.1) is 6.04 Å². The van der Waals surface area contributed by atoms with E-state index in [1.165, 1.54) is 0 Å². The van der Waals surface area contributed by atoms with Crippen molar-refractivity contribution in [1.29, 1.82) is 0 Å². The Bertz CT molecular complexity index is 659. The molecule has 0 spiro atoms. The molecule has 0 aliphatic rings. The number of urea groups is 1. The van der Waals surface area contributed by atoms with Gasteiger partial charge in [-0.15, -0.1) is 0 Å². The molecule has 2 rings (SSSR count). The normalized spacial score (nSPS) is 13.1. The minimum absolute atomic E-state index is 0.106. The van der Waals surface area contributed by atoms with Crippen LogP contribution in [0.1, 0.15) is 18.5 Å². The zero-order valence-corrected chi connectivity index (χ0v) is 14.1. The van der Waals surface area contributed by atoms with Gasteiger partial charge in [-0.3, -0.25) is 9.19 Å². The van der Waals surface area contributed by atoms with Crippen LogP contribution in [-0.2, 0) is 10.8 Å². The van der Waals surface area contributed by atoms with Gasteiger partial charge in [0.15, 0.2) is 0 Å². The molecule has 1 aromatic heterocycles. The van der Waals surface area contributed by atoms with Crippen molar-refractivity contribution < 1.29 is 9.00 Å². The predicted octanol–water partition coefficient (Wildman–Crippen LogP) is 2.49. The molecular weight excluding hydrogens is 310 g/mol. The smallest absolute Gasteiger partial charge is 0.315 e. The minimum atomic E-state index is -0.899. The van der Waals surface area contributed by atoms with E-state index >= 15 is 0 Å². The Morgan fingerprint density at radius 2 is 1.96 bits per heavy atom. The highest BCUT2D eigenvalue weighted by Crippen LogP contribution is 2.21.